The summed E-state index contributed by atoms with van der Waals surface area (Å²) < 4.78 is 0.904. The quantitative estimate of drug-likeness (QED) is 0.293. The molecule has 7 nitrogen and oxygen atoms in total. The molecule has 0 radical (unpaired) electrons. The smallest absolute Gasteiger partial charge is 0.267 e. The van der Waals surface area contributed by atoms with Gasteiger partial charge in [0.05, 0.1) is 4.88 Å². The zero-order chi connectivity index (χ0) is 20.5. The van der Waals surface area contributed by atoms with E-state index in [1.165, 1.54) is 16.8 Å². The third kappa shape index (κ3) is 4.51. The fourth-order valence-corrected chi connectivity index (χ4v) is 3.88. The van der Waals surface area contributed by atoms with Gasteiger partial charge in [-0.25, -0.2) is 5.48 Å². The van der Waals surface area contributed by atoms with E-state index in [9.17, 15) is 9.59 Å². The summed E-state index contributed by atoms with van der Waals surface area (Å²) in [6.45, 7) is 3.35. The zero-order valence-electron chi connectivity index (χ0n) is 15.7. The topological polar surface area (TPSA) is 125 Å². The Kier molecular flexibility index (Phi) is 5.72. The first-order chi connectivity index (χ1) is 13.2. The number of thiophene rings is 1. The molecule has 1 heterocycles. The monoisotopic (exact) mass is 401 g/mol. The number of hydrogen-bond donors (Lipinski definition) is 5. The Balaban J connectivity index is 1.78. The Labute approximate surface area is 166 Å². The van der Waals surface area contributed by atoms with Gasteiger partial charge in [0, 0.05) is 28.3 Å². The minimum atomic E-state index is -1.09. The predicted octanol–water partition coefficient (Wildman–Crippen LogP) is 1.22. The highest BCUT2D eigenvalue weighted by atomic mass is 32.1. The fourth-order valence-electron chi connectivity index (χ4n) is 2.88. The van der Waals surface area contributed by atoms with Crippen molar-refractivity contribution in [2.45, 2.75) is 31.8 Å². The van der Waals surface area contributed by atoms with Gasteiger partial charge >= 0.3 is 0 Å². The minimum absolute atomic E-state index is 0.177. The molecule has 0 aliphatic heterocycles. The van der Waals surface area contributed by atoms with Crippen LogP contribution >= 0.6 is 11.3 Å². The van der Waals surface area contributed by atoms with Crippen LogP contribution in [0.2, 0.25) is 0 Å². The first kappa shape index (κ1) is 20.3. The summed E-state index contributed by atoms with van der Waals surface area (Å²) in [7, 11) is 0. The number of amides is 2. The molecule has 148 valence electrons. The van der Waals surface area contributed by atoms with Gasteiger partial charge in [0.25, 0.3) is 11.8 Å². The van der Waals surface area contributed by atoms with Gasteiger partial charge in [-0.05, 0) is 49.8 Å². The summed E-state index contributed by atoms with van der Waals surface area (Å²) in [6.07, 6.45) is 0.940. The lowest BCUT2D eigenvalue weighted by Crippen LogP contribution is -2.61. The number of carbonyl (C=O) groups excluding carboxylic acids is 2. The summed E-state index contributed by atoms with van der Waals surface area (Å²) in [5.41, 5.74) is 7.28. The molecule has 1 aromatic carbocycles. The van der Waals surface area contributed by atoms with Crippen LogP contribution in [0.3, 0.4) is 0 Å². The Morgan fingerprint density at radius 3 is 2.75 bits per heavy atom. The van der Waals surface area contributed by atoms with Crippen molar-refractivity contribution in [1.29, 1.82) is 0 Å². The van der Waals surface area contributed by atoms with Gasteiger partial charge in [-0.3, -0.25) is 14.8 Å². The molecule has 1 aliphatic rings. The van der Waals surface area contributed by atoms with Crippen LogP contribution in [0.4, 0.5) is 0 Å². The van der Waals surface area contributed by atoms with Crippen LogP contribution in [0, 0.1) is 23.7 Å². The Morgan fingerprint density at radius 2 is 2.14 bits per heavy atom. The number of hydrogen-bond acceptors (Lipinski definition) is 6. The van der Waals surface area contributed by atoms with E-state index in [-0.39, 0.29) is 12.5 Å². The van der Waals surface area contributed by atoms with Crippen LogP contribution in [0.25, 0.3) is 10.1 Å². The summed E-state index contributed by atoms with van der Waals surface area (Å²) in [6, 6.07) is 6.37. The van der Waals surface area contributed by atoms with E-state index < -0.39 is 23.4 Å². The molecule has 2 amide bonds. The van der Waals surface area contributed by atoms with Crippen molar-refractivity contribution >= 4 is 33.2 Å². The first-order valence-corrected chi connectivity index (χ1v) is 9.74. The molecule has 1 aliphatic carbocycles. The second-order valence-corrected chi connectivity index (χ2v) is 8.71. The lowest BCUT2D eigenvalue weighted by molar-refractivity contribution is -0.132. The van der Waals surface area contributed by atoms with Crippen LogP contribution in [0.5, 0.6) is 0 Å². The highest BCUT2D eigenvalue weighted by molar-refractivity contribution is 7.20. The van der Waals surface area contributed by atoms with Crippen molar-refractivity contribution in [1.82, 2.24) is 10.8 Å². The number of nitrogens with one attached hydrogen (secondary N) is 2. The molecule has 1 aromatic heterocycles. The molecule has 1 fully saturated rings. The van der Waals surface area contributed by atoms with Crippen molar-refractivity contribution in [2.75, 3.05) is 6.61 Å². The maximum Gasteiger partial charge on any atom is 0.267 e. The molecule has 2 unspecified atom stereocenters. The summed E-state index contributed by atoms with van der Waals surface area (Å²) in [4.78, 5) is 24.9. The van der Waals surface area contributed by atoms with Crippen LogP contribution < -0.4 is 16.5 Å². The van der Waals surface area contributed by atoms with E-state index in [1.54, 1.807) is 19.9 Å². The van der Waals surface area contributed by atoms with E-state index in [0.717, 1.165) is 22.1 Å². The largest absolute Gasteiger partial charge is 0.396 e. The normalized spacial score (nSPS) is 19.5. The molecule has 1 saturated carbocycles. The van der Waals surface area contributed by atoms with Gasteiger partial charge in [-0.15, -0.1) is 11.3 Å². The van der Waals surface area contributed by atoms with Crippen molar-refractivity contribution in [2.24, 2.45) is 17.6 Å². The number of hydroxylamine groups is 1. The molecule has 2 aromatic rings. The Morgan fingerprint density at radius 1 is 1.39 bits per heavy atom. The molecule has 28 heavy (non-hydrogen) atoms. The molecular formula is C20H23N3O4S. The fraction of sp³-hybridized carbons (Fsp3) is 0.400. The standard InChI is InChI=1S/C20H23N3O4S/c1-20(2,21)17(19(26)23-27)22-18(25)16-9-13-6-4-11(7-15(13)28-16)3-5-12-8-14(12)10-24/h4,6-7,9,12,14,17,24,27H,8,10,21H2,1-2H3,(H,22,25)(H,23,26)/t12?,14?,17-/m1/s1. The highest BCUT2D eigenvalue weighted by Crippen LogP contribution is 2.37. The van der Waals surface area contributed by atoms with E-state index >= 15 is 0 Å². The highest BCUT2D eigenvalue weighted by Gasteiger charge is 2.35. The molecule has 6 N–H and O–H groups in total. The van der Waals surface area contributed by atoms with Gasteiger partial charge in [-0.2, -0.15) is 0 Å². The second kappa shape index (κ2) is 7.89. The van der Waals surface area contributed by atoms with Crippen LogP contribution in [0.15, 0.2) is 24.3 Å². The SMILES string of the molecule is CC(C)(N)[C@H](NC(=O)c1cc2ccc(C#CC3CC3CO)cc2s1)C(=O)NO. The molecule has 0 saturated heterocycles. The maximum absolute atomic E-state index is 12.6. The van der Waals surface area contributed by atoms with Gasteiger partial charge in [0.15, 0.2) is 0 Å². The van der Waals surface area contributed by atoms with Gasteiger partial charge < -0.3 is 16.2 Å². The average Bonchev–Trinajstić information content (AvgIpc) is 3.29. The number of aliphatic hydroxyl groups excluding tert-OH is 1. The van der Waals surface area contributed by atoms with Crippen molar-refractivity contribution in [3.63, 3.8) is 0 Å². The van der Waals surface area contributed by atoms with Crippen LogP contribution in [-0.4, -0.2) is 40.3 Å². The number of carbonyl (C=O) groups is 2. The third-order valence-electron chi connectivity index (χ3n) is 4.69. The predicted molar refractivity (Wildman–Crippen MR) is 107 cm³/mol. The number of rotatable bonds is 5. The van der Waals surface area contributed by atoms with Gasteiger partial charge in [0.2, 0.25) is 0 Å². The average molecular weight is 401 g/mol. The lowest BCUT2D eigenvalue weighted by Gasteiger charge is -2.29. The Bertz CT molecular complexity index is 967. The number of aliphatic hydroxyl groups is 1. The summed E-state index contributed by atoms with van der Waals surface area (Å²) in [5, 5.41) is 21.5. The van der Waals surface area contributed by atoms with E-state index in [4.69, 9.17) is 16.0 Å². The lowest BCUT2D eigenvalue weighted by atomic mass is 9.95. The van der Waals surface area contributed by atoms with E-state index in [0.29, 0.717) is 10.8 Å². The zero-order valence-corrected chi connectivity index (χ0v) is 16.5. The summed E-state index contributed by atoms with van der Waals surface area (Å²) in [5.74, 6) is 5.63. The maximum atomic E-state index is 12.6. The van der Waals surface area contributed by atoms with E-state index in [1.807, 2.05) is 18.2 Å². The number of nitrogens with two attached hydrogens (primary N) is 1. The van der Waals surface area contributed by atoms with Gasteiger partial charge in [-0.1, -0.05) is 17.9 Å². The van der Waals surface area contributed by atoms with E-state index in [2.05, 4.69) is 17.2 Å². The van der Waals surface area contributed by atoms with Crippen LogP contribution in [-0.2, 0) is 4.79 Å². The number of benzene rings is 1. The first-order valence-electron chi connectivity index (χ1n) is 8.92. The molecule has 3 atom stereocenters. The third-order valence-corrected chi connectivity index (χ3v) is 5.79. The number of fused-ring (bicyclic) bond motifs is 1. The van der Waals surface area contributed by atoms with Crippen molar-refractivity contribution in [3.05, 3.63) is 34.7 Å². The molecular weight excluding hydrogens is 378 g/mol. The molecule has 8 heteroatoms. The second-order valence-electron chi connectivity index (χ2n) is 7.62. The summed E-state index contributed by atoms with van der Waals surface area (Å²) >= 11 is 1.29. The van der Waals surface area contributed by atoms with Gasteiger partial charge in [0.1, 0.15) is 6.04 Å². The molecule has 3 rings (SSSR count). The molecule has 0 bridgehead atoms. The molecule has 0 spiro atoms. The minimum Gasteiger partial charge on any atom is -0.396 e. The Hall–Kier alpha value is -2.44. The van der Waals surface area contributed by atoms with Crippen molar-refractivity contribution in [3.8, 4) is 11.8 Å². The van der Waals surface area contributed by atoms with Crippen molar-refractivity contribution < 1.29 is 19.9 Å². The van der Waals surface area contributed by atoms with Crippen LogP contribution in [0.1, 0.15) is 35.5 Å².